The van der Waals surface area contributed by atoms with Gasteiger partial charge in [-0.05, 0) is 18.1 Å². The number of β-amino-alcohol motifs (C(OH)–C–C–N with tert-alkyl or cyclic N) is 1. The number of hydrogen-bond donors (Lipinski definition) is 2. The van der Waals surface area contributed by atoms with Gasteiger partial charge in [0, 0.05) is 25.4 Å². The standard InChI is InChI=1S/C14H17N5O2/c1-2-10-5-11(7-15-6-10)13(20)19-4-3-14(21,9-19)12-8-16-18-17-12/h5-8,21H,2-4,9H2,1H3,(H,16,17,18)/t14-/m1/s1. The fourth-order valence-electron chi connectivity index (χ4n) is 2.58. The summed E-state index contributed by atoms with van der Waals surface area (Å²) in [6.07, 6.45) is 6.10. The Labute approximate surface area is 122 Å². The van der Waals surface area contributed by atoms with Crippen LogP contribution in [0, 0.1) is 0 Å². The number of carbonyl (C=O) groups is 1. The Morgan fingerprint density at radius 3 is 3.05 bits per heavy atom. The summed E-state index contributed by atoms with van der Waals surface area (Å²) in [6.45, 7) is 2.72. The largest absolute Gasteiger partial charge is 0.381 e. The molecule has 7 nitrogen and oxygen atoms in total. The van der Waals surface area contributed by atoms with Gasteiger partial charge in [0.05, 0.1) is 18.3 Å². The monoisotopic (exact) mass is 287 g/mol. The summed E-state index contributed by atoms with van der Waals surface area (Å²) in [5, 5.41) is 20.7. The Balaban J connectivity index is 1.78. The number of nitrogens with zero attached hydrogens (tertiary/aromatic N) is 4. The fraction of sp³-hybridized carbons (Fsp3) is 0.429. The molecule has 0 saturated carbocycles. The Kier molecular flexibility index (Phi) is 3.42. The van der Waals surface area contributed by atoms with Crippen molar-refractivity contribution in [2.75, 3.05) is 13.1 Å². The molecule has 0 aliphatic carbocycles. The highest BCUT2D eigenvalue weighted by Crippen LogP contribution is 2.30. The number of H-pyrrole nitrogens is 1. The molecule has 3 heterocycles. The van der Waals surface area contributed by atoms with Crippen LogP contribution in [0.4, 0.5) is 0 Å². The predicted molar refractivity (Wildman–Crippen MR) is 74.4 cm³/mol. The average Bonchev–Trinajstić information content (AvgIpc) is 3.17. The Morgan fingerprint density at radius 1 is 1.48 bits per heavy atom. The molecule has 0 radical (unpaired) electrons. The first-order chi connectivity index (χ1) is 10.1. The number of pyridine rings is 1. The summed E-state index contributed by atoms with van der Waals surface area (Å²) in [6, 6.07) is 1.85. The Hall–Kier alpha value is -2.28. The third kappa shape index (κ3) is 2.52. The number of likely N-dealkylation sites (tertiary alicyclic amines) is 1. The van der Waals surface area contributed by atoms with Gasteiger partial charge in [-0.15, -0.1) is 0 Å². The van der Waals surface area contributed by atoms with Crippen molar-refractivity contribution in [1.82, 2.24) is 25.3 Å². The molecule has 3 rings (SSSR count). The average molecular weight is 287 g/mol. The van der Waals surface area contributed by atoms with Crippen LogP contribution in [0.2, 0.25) is 0 Å². The van der Waals surface area contributed by atoms with E-state index in [1.807, 2.05) is 13.0 Å². The van der Waals surface area contributed by atoms with Gasteiger partial charge in [0.25, 0.3) is 5.91 Å². The van der Waals surface area contributed by atoms with Crippen LogP contribution in [0.3, 0.4) is 0 Å². The van der Waals surface area contributed by atoms with Gasteiger partial charge in [-0.1, -0.05) is 6.92 Å². The number of aromatic amines is 1. The van der Waals surface area contributed by atoms with Gasteiger partial charge in [-0.2, -0.15) is 15.4 Å². The minimum Gasteiger partial charge on any atom is -0.381 e. The Morgan fingerprint density at radius 2 is 2.33 bits per heavy atom. The maximum Gasteiger partial charge on any atom is 0.255 e. The van der Waals surface area contributed by atoms with Gasteiger partial charge in [0.15, 0.2) is 0 Å². The van der Waals surface area contributed by atoms with Crippen molar-refractivity contribution < 1.29 is 9.90 Å². The molecule has 0 unspecified atom stereocenters. The normalized spacial score (nSPS) is 21.7. The molecule has 7 heteroatoms. The maximum absolute atomic E-state index is 12.5. The first kappa shape index (κ1) is 13.7. The maximum atomic E-state index is 12.5. The van der Waals surface area contributed by atoms with Crippen LogP contribution in [0.1, 0.15) is 35.0 Å². The Bertz CT molecular complexity index is 643. The molecule has 0 spiro atoms. The molecule has 0 bridgehead atoms. The SMILES string of the molecule is CCc1cncc(C(=O)N2CC[C@](O)(c3cn[nH]n3)C2)c1. The van der Waals surface area contributed by atoms with Crippen LogP contribution in [-0.2, 0) is 12.0 Å². The minimum atomic E-state index is -1.13. The zero-order chi connectivity index (χ0) is 14.9. The van der Waals surface area contributed by atoms with Gasteiger partial charge in [0.2, 0.25) is 0 Å². The van der Waals surface area contributed by atoms with Crippen LogP contribution < -0.4 is 0 Å². The van der Waals surface area contributed by atoms with Gasteiger partial charge in [0.1, 0.15) is 11.3 Å². The molecule has 110 valence electrons. The van der Waals surface area contributed by atoms with Crippen LogP contribution >= 0.6 is 0 Å². The molecule has 1 amide bonds. The van der Waals surface area contributed by atoms with Crippen molar-refractivity contribution in [3.63, 3.8) is 0 Å². The van der Waals surface area contributed by atoms with E-state index >= 15 is 0 Å². The molecule has 1 saturated heterocycles. The molecule has 2 aromatic rings. The van der Waals surface area contributed by atoms with E-state index < -0.39 is 5.60 Å². The van der Waals surface area contributed by atoms with Crippen LogP contribution in [0.25, 0.3) is 0 Å². The second-order valence-corrected chi connectivity index (χ2v) is 5.30. The highest BCUT2D eigenvalue weighted by Gasteiger charge is 2.41. The summed E-state index contributed by atoms with van der Waals surface area (Å²) in [5.74, 6) is -0.114. The van der Waals surface area contributed by atoms with E-state index in [0.717, 1.165) is 12.0 Å². The summed E-state index contributed by atoms with van der Waals surface area (Å²) >= 11 is 0. The first-order valence-corrected chi connectivity index (χ1v) is 6.94. The van der Waals surface area contributed by atoms with E-state index in [9.17, 15) is 9.90 Å². The molecule has 1 aliphatic rings. The van der Waals surface area contributed by atoms with Gasteiger partial charge in [-0.25, -0.2) is 0 Å². The lowest BCUT2D eigenvalue weighted by molar-refractivity contribution is 0.0382. The van der Waals surface area contributed by atoms with Gasteiger partial charge >= 0.3 is 0 Å². The number of nitrogens with one attached hydrogen (secondary N) is 1. The smallest absolute Gasteiger partial charge is 0.255 e. The van der Waals surface area contributed by atoms with E-state index in [2.05, 4.69) is 20.4 Å². The van der Waals surface area contributed by atoms with Crippen LogP contribution in [0.5, 0.6) is 0 Å². The van der Waals surface area contributed by atoms with E-state index in [0.29, 0.717) is 24.2 Å². The third-order valence-corrected chi connectivity index (χ3v) is 3.88. The number of amides is 1. The molecular formula is C14H17N5O2. The van der Waals surface area contributed by atoms with E-state index in [4.69, 9.17) is 0 Å². The molecular weight excluding hydrogens is 270 g/mol. The molecule has 2 N–H and O–H groups in total. The molecule has 0 aromatic carbocycles. The summed E-state index contributed by atoms with van der Waals surface area (Å²) < 4.78 is 0. The van der Waals surface area contributed by atoms with Crippen molar-refractivity contribution in [2.24, 2.45) is 0 Å². The molecule has 1 aliphatic heterocycles. The van der Waals surface area contributed by atoms with Crippen molar-refractivity contribution in [2.45, 2.75) is 25.4 Å². The van der Waals surface area contributed by atoms with Gasteiger partial charge in [-0.3, -0.25) is 9.78 Å². The summed E-state index contributed by atoms with van der Waals surface area (Å²) in [4.78, 5) is 18.2. The highest BCUT2D eigenvalue weighted by atomic mass is 16.3. The van der Waals surface area contributed by atoms with Gasteiger partial charge < -0.3 is 10.0 Å². The third-order valence-electron chi connectivity index (χ3n) is 3.88. The van der Waals surface area contributed by atoms with E-state index in [-0.39, 0.29) is 12.5 Å². The minimum absolute atomic E-state index is 0.114. The number of rotatable bonds is 3. The summed E-state index contributed by atoms with van der Waals surface area (Å²) in [7, 11) is 0. The lowest BCUT2D eigenvalue weighted by Gasteiger charge is -2.21. The number of hydrogen-bond acceptors (Lipinski definition) is 5. The van der Waals surface area contributed by atoms with E-state index in [1.165, 1.54) is 6.20 Å². The van der Waals surface area contributed by atoms with Crippen LogP contribution in [-0.4, -0.2) is 49.4 Å². The van der Waals surface area contributed by atoms with Crippen LogP contribution in [0.15, 0.2) is 24.7 Å². The molecule has 21 heavy (non-hydrogen) atoms. The zero-order valence-corrected chi connectivity index (χ0v) is 11.8. The summed E-state index contributed by atoms with van der Waals surface area (Å²) in [5.41, 5.74) is 0.919. The molecule has 1 atom stereocenters. The number of carbonyl (C=O) groups excluding carboxylic acids is 1. The molecule has 2 aromatic heterocycles. The number of aryl methyl sites for hydroxylation is 1. The topological polar surface area (TPSA) is 95.0 Å². The lowest BCUT2D eigenvalue weighted by atomic mass is 10.00. The first-order valence-electron chi connectivity index (χ1n) is 6.94. The zero-order valence-electron chi connectivity index (χ0n) is 11.8. The highest BCUT2D eigenvalue weighted by molar-refractivity contribution is 5.94. The lowest BCUT2D eigenvalue weighted by Crippen LogP contribution is -2.34. The quantitative estimate of drug-likeness (QED) is 0.857. The fourth-order valence-corrected chi connectivity index (χ4v) is 2.58. The van der Waals surface area contributed by atoms with Crippen molar-refractivity contribution in [3.8, 4) is 0 Å². The van der Waals surface area contributed by atoms with Crippen molar-refractivity contribution >= 4 is 5.91 Å². The van der Waals surface area contributed by atoms with E-state index in [1.54, 1.807) is 17.3 Å². The second-order valence-electron chi connectivity index (χ2n) is 5.30. The predicted octanol–water partition coefficient (Wildman–Crippen LogP) is 0.496. The number of aromatic nitrogens is 4. The number of aliphatic hydroxyl groups is 1. The van der Waals surface area contributed by atoms with Crippen molar-refractivity contribution in [1.29, 1.82) is 0 Å². The second kappa shape index (κ2) is 5.25. The van der Waals surface area contributed by atoms with Crippen molar-refractivity contribution in [3.05, 3.63) is 41.5 Å². The molecule has 1 fully saturated rings.